The Morgan fingerprint density at radius 3 is 2.63 bits per heavy atom. The third-order valence-corrected chi connectivity index (χ3v) is 5.42. The van der Waals surface area contributed by atoms with Gasteiger partial charge in [0.1, 0.15) is 0 Å². The molecule has 1 aliphatic rings. The Morgan fingerprint density at radius 1 is 1.22 bits per heavy atom. The van der Waals surface area contributed by atoms with Gasteiger partial charge in [-0.25, -0.2) is 0 Å². The first-order valence-electron chi connectivity index (χ1n) is 10.5. The van der Waals surface area contributed by atoms with Crippen LogP contribution in [0.25, 0.3) is 0 Å². The van der Waals surface area contributed by atoms with Crippen LogP contribution in [-0.2, 0) is 17.9 Å². The highest BCUT2D eigenvalue weighted by Gasteiger charge is 2.20. The number of aliphatic imine (C=N–C) groups is 1. The van der Waals surface area contributed by atoms with Crippen LogP contribution in [0.1, 0.15) is 63.5 Å². The predicted octanol–water partition coefficient (Wildman–Crippen LogP) is 3.69. The predicted molar refractivity (Wildman–Crippen MR) is 113 cm³/mol. The average molecular weight is 373 g/mol. The minimum atomic E-state index is 0.271. The summed E-state index contributed by atoms with van der Waals surface area (Å²) in [5.74, 6) is 1.81. The fraction of sp³-hybridized carbons (Fsp3) is 0.636. The van der Waals surface area contributed by atoms with E-state index in [-0.39, 0.29) is 5.91 Å². The van der Waals surface area contributed by atoms with Crippen LogP contribution in [0.3, 0.4) is 0 Å². The molecule has 0 aliphatic carbocycles. The molecule has 1 unspecified atom stereocenters. The Labute approximate surface area is 164 Å². The molecule has 150 valence electrons. The van der Waals surface area contributed by atoms with Crippen molar-refractivity contribution in [1.29, 1.82) is 0 Å². The van der Waals surface area contributed by atoms with Crippen LogP contribution in [0, 0.1) is 5.92 Å². The van der Waals surface area contributed by atoms with Crippen LogP contribution in [0.15, 0.2) is 29.3 Å². The van der Waals surface area contributed by atoms with Gasteiger partial charge in [-0.05, 0) is 29.9 Å². The van der Waals surface area contributed by atoms with Crippen LogP contribution in [-0.4, -0.2) is 36.9 Å². The molecular formula is C22H36N4O. The molecule has 1 amide bonds. The van der Waals surface area contributed by atoms with Gasteiger partial charge in [0, 0.05) is 39.6 Å². The third kappa shape index (κ3) is 6.89. The molecule has 27 heavy (non-hydrogen) atoms. The summed E-state index contributed by atoms with van der Waals surface area (Å²) < 4.78 is 0. The Hall–Kier alpha value is -2.04. The van der Waals surface area contributed by atoms with E-state index >= 15 is 0 Å². The molecule has 1 saturated heterocycles. The van der Waals surface area contributed by atoms with Gasteiger partial charge >= 0.3 is 0 Å². The molecule has 1 aromatic rings. The number of hydrogen-bond donors (Lipinski definition) is 2. The molecule has 0 radical (unpaired) electrons. The van der Waals surface area contributed by atoms with Crippen molar-refractivity contribution in [3.63, 3.8) is 0 Å². The number of carbonyl (C=O) groups is 1. The lowest BCUT2D eigenvalue weighted by Gasteiger charge is -2.20. The summed E-state index contributed by atoms with van der Waals surface area (Å²) in [6, 6.07) is 8.36. The smallest absolute Gasteiger partial charge is 0.222 e. The average Bonchev–Trinajstić information content (AvgIpc) is 3.09. The highest BCUT2D eigenvalue weighted by Crippen LogP contribution is 2.17. The molecule has 1 aliphatic heterocycles. The number of carbonyl (C=O) groups excluding carboxylic acids is 1. The van der Waals surface area contributed by atoms with Gasteiger partial charge in [-0.2, -0.15) is 0 Å². The zero-order valence-electron chi connectivity index (χ0n) is 17.3. The molecule has 0 saturated carbocycles. The molecule has 1 heterocycles. The number of rotatable bonds is 10. The van der Waals surface area contributed by atoms with Crippen molar-refractivity contribution in [1.82, 2.24) is 15.5 Å². The van der Waals surface area contributed by atoms with Gasteiger partial charge in [0.05, 0.1) is 0 Å². The maximum atomic E-state index is 11.9. The first-order chi connectivity index (χ1) is 13.2. The second-order valence-corrected chi connectivity index (χ2v) is 7.41. The Bertz CT molecular complexity index is 614. The lowest BCUT2D eigenvalue weighted by molar-refractivity contribution is -0.128. The first-order valence-corrected chi connectivity index (χ1v) is 10.5. The first kappa shape index (κ1) is 21.3. The number of nitrogens with zero attached hydrogens (tertiary/aromatic N) is 2. The van der Waals surface area contributed by atoms with Crippen molar-refractivity contribution in [2.75, 3.05) is 20.1 Å². The Kier molecular flexibility index (Phi) is 9.16. The second kappa shape index (κ2) is 11.6. The number of unbranched alkanes of at least 4 members (excludes halogenated alkanes) is 1. The normalized spacial score (nSPS) is 15.9. The number of guanidine groups is 1. The number of hydrogen-bond acceptors (Lipinski definition) is 2. The Balaban J connectivity index is 1.87. The van der Waals surface area contributed by atoms with Crippen molar-refractivity contribution in [3.05, 3.63) is 35.4 Å². The molecule has 5 heteroatoms. The maximum Gasteiger partial charge on any atom is 0.222 e. The minimum Gasteiger partial charge on any atom is -0.356 e. The lowest BCUT2D eigenvalue weighted by atomic mass is 9.99. The summed E-state index contributed by atoms with van der Waals surface area (Å²) in [4.78, 5) is 18.3. The second-order valence-electron chi connectivity index (χ2n) is 7.41. The van der Waals surface area contributed by atoms with Crippen molar-refractivity contribution in [2.45, 2.75) is 65.5 Å². The van der Waals surface area contributed by atoms with Crippen LogP contribution in [0.5, 0.6) is 0 Å². The van der Waals surface area contributed by atoms with Crippen molar-refractivity contribution in [3.8, 4) is 0 Å². The molecule has 1 fully saturated rings. The van der Waals surface area contributed by atoms with Gasteiger partial charge in [-0.1, -0.05) is 57.4 Å². The van der Waals surface area contributed by atoms with Gasteiger partial charge in [0.15, 0.2) is 5.96 Å². The summed E-state index contributed by atoms with van der Waals surface area (Å²) in [5, 5.41) is 6.91. The van der Waals surface area contributed by atoms with Crippen molar-refractivity contribution < 1.29 is 4.79 Å². The van der Waals surface area contributed by atoms with E-state index in [0.717, 1.165) is 25.5 Å². The number of benzene rings is 1. The molecule has 0 bridgehead atoms. The largest absolute Gasteiger partial charge is 0.356 e. The zero-order valence-corrected chi connectivity index (χ0v) is 17.3. The van der Waals surface area contributed by atoms with Gasteiger partial charge < -0.3 is 15.5 Å². The van der Waals surface area contributed by atoms with E-state index < -0.39 is 0 Å². The summed E-state index contributed by atoms with van der Waals surface area (Å²) in [7, 11) is 1.82. The number of amides is 1. The highest BCUT2D eigenvalue weighted by atomic mass is 16.2. The lowest BCUT2D eigenvalue weighted by Crippen LogP contribution is -2.39. The molecule has 0 spiro atoms. The van der Waals surface area contributed by atoms with Crippen LogP contribution in [0.2, 0.25) is 0 Å². The van der Waals surface area contributed by atoms with Gasteiger partial charge in [0.2, 0.25) is 5.91 Å². The van der Waals surface area contributed by atoms with E-state index in [2.05, 4.69) is 47.7 Å². The van der Waals surface area contributed by atoms with E-state index in [1.807, 2.05) is 18.0 Å². The van der Waals surface area contributed by atoms with E-state index in [1.54, 1.807) is 0 Å². The molecule has 0 aromatic heterocycles. The van der Waals surface area contributed by atoms with Crippen LogP contribution < -0.4 is 10.6 Å². The maximum absolute atomic E-state index is 11.9. The third-order valence-electron chi connectivity index (χ3n) is 5.42. The van der Waals surface area contributed by atoms with E-state index in [9.17, 15) is 4.79 Å². The topological polar surface area (TPSA) is 56.7 Å². The molecule has 1 aromatic carbocycles. The molecule has 2 rings (SSSR count). The van der Waals surface area contributed by atoms with Gasteiger partial charge in [-0.3, -0.25) is 9.79 Å². The van der Waals surface area contributed by atoms with Crippen LogP contribution >= 0.6 is 0 Å². The van der Waals surface area contributed by atoms with Crippen molar-refractivity contribution >= 4 is 11.9 Å². The summed E-state index contributed by atoms with van der Waals surface area (Å²) in [6.45, 7) is 7.75. The summed E-state index contributed by atoms with van der Waals surface area (Å²) >= 11 is 0. The van der Waals surface area contributed by atoms with Crippen LogP contribution in [0.4, 0.5) is 0 Å². The highest BCUT2D eigenvalue weighted by molar-refractivity contribution is 5.79. The number of nitrogens with one attached hydrogen (secondary N) is 2. The van der Waals surface area contributed by atoms with E-state index in [4.69, 9.17) is 0 Å². The molecule has 2 N–H and O–H groups in total. The SMILES string of the molecule is CCCCC(CC)CNC(=NC)NCc1ccccc1CN1CCCC1=O. The Morgan fingerprint density at radius 2 is 2.00 bits per heavy atom. The van der Waals surface area contributed by atoms with E-state index in [1.165, 1.54) is 36.8 Å². The minimum absolute atomic E-state index is 0.271. The van der Waals surface area contributed by atoms with Gasteiger partial charge in [0.25, 0.3) is 0 Å². The number of likely N-dealkylation sites (tertiary alicyclic amines) is 1. The summed E-state index contributed by atoms with van der Waals surface area (Å²) in [6.07, 6.45) is 6.66. The van der Waals surface area contributed by atoms with Crippen molar-refractivity contribution in [2.24, 2.45) is 10.9 Å². The zero-order chi connectivity index (χ0) is 19.5. The molecule has 1 atom stereocenters. The fourth-order valence-electron chi connectivity index (χ4n) is 3.54. The standard InChI is InChI=1S/C22H36N4O/c1-4-6-10-18(5-2)15-24-22(23-3)25-16-19-11-7-8-12-20(19)17-26-14-9-13-21(26)27/h7-8,11-12,18H,4-6,9-10,13-17H2,1-3H3,(H2,23,24,25). The monoisotopic (exact) mass is 372 g/mol. The quantitative estimate of drug-likeness (QED) is 0.486. The van der Waals surface area contributed by atoms with E-state index in [0.29, 0.717) is 25.4 Å². The summed E-state index contributed by atoms with van der Waals surface area (Å²) in [5.41, 5.74) is 2.43. The van der Waals surface area contributed by atoms with Gasteiger partial charge in [-0.15, -0.1) is 0 Å². The fourth-order valence-corrected chi connectivity index (χ4v) is 3.54. The molecule has 5 nitrogen and oxygen atoms in total. The molecular weight excluding hydrogens is 336 g/mol.